The highest BCUT2D eigenvalue weighted by Crippen LogP contribution is 2.25. The fourth-order valence-electron chi connectivity index (χ4n) is 4.09. The van der Waals surface area contributed by atoms with Gasteiger partial charge in [0.1, 0.15) is 5.75 Å². The number of aryl methyl sites for hydroxylation is 2. The molecule has 2 N–H and O–H groups in total. The molecular formula is C25H20ClN5O4. The lowest BCUT2D eigenvalue weighted by molar-refractivity contribution is -0.112. The number of rotatable bonds is 6. The Labute approximate surface area is 204 Å². The number of fused-ring (bicyclic) bond motifs is 2. The van der Waals surface area contributed by atoms with Crippen molar-refractivity contribution >= 4 is 45.8 Å². The number of ether oxygens (including phenoxy) is 1. The maximum Gasteiger partial charge on any atom is 0.345 e. The van der Waals surface area contributed by atoms with Crippen molar-refractivity contribution in [3.8, 4) is 5.75 Å². The number of amides is 3. The van der Waals surface area contributed by atoms with Crippen molar-refractivity contribution in [2.24, 2.45) is 4.99 Å². The van der Waals surface area contributed by atoms with Crippen LogP contribution in [0.2, 0.25) is 0 Å². The third-order valence-corrected chi connectivity index (χ3v) is 6.14. The van der Waals surface area contributed by atoms with E-state index in [1.807, 2.05) is 24.3 Å². The van der Waals surface area contributed by atoms with Gasteiger partial charge in [0.05, 0.1) is 46.8 Å². The standard InChI is InChI=1S/C25H20ClN5O4/c1-35-20-8-3-2-5-14(20)9-10-31-13-27-17-6-4-7-18(21(17)24(31)33)28-23(32)15-11-16(26)22-19(12-15)29-25(34)30-22/h2-8,11-13,16H,9-10H2,1H3,(H,28,32)(H,29,34). The number of aromatic nitrogens is 2. The van der Waals surface area contributed by atoms with Gasteiger partial charge in [-0.1, -0.05) is 24.3 Å². The molecule has 1 aliphatic heterocycles. The molecule has 1 unspecified atom stereocenters. The number of hydrogen-bond acceptors (Lipinski definition) is 5. The Balaban J connectivity index is 1.43. The van der Waals surface area contributed by atoms with Crippen LogP contribution in [0, 0.1) is 0 Å². The molecule has 10 heteroatoms. The van der Waals surface area contributed by atoms with Crippen molar-refractivity contribution in [2.45, 2.75) is 18.3 Å². The van der Waals surface area contributed by atoms with Gasteiger partial charge in [-0.2, -0.15) is 4.99 Å². The summed E-state index contributed by atoms with van der Waals surface area (Å²) in [4.78, 5) is 46.1. The molecule has 0 radical (unpaired) electrons. The first kappa shape index (κ1) is 22.5. The molecular weight excluding hydrogens is 470 g/mol. The van der Waals surface area contributed by atoms with Crippen LogP contribution in [0.4, 0.5) is 10.5 Å². The SMILES string of the molecule is COc1ccccc1CCn1cnc2cccc(NC(=O)C3=CC(Cl)C4=NC(=O)NC4=C3)c2c1=O. The van der Waals surface area contributed by atoms with Crippen LogP contribution in [0.1, 0.15) is 5.56 Å². The van der Waals surface area contributed by atoms with E-state index in [2.05, 4.69) is 20.6 Å². The van der Waals surface area contributed by atoms with Gasteiger partial charge in [-0.3, -0.25) is 14.2 Å². The van der Waals surface area contributed by atoms with Crippen LogP contribution in [-0.2, 0) is 17.8 Å². The summed E-state index contributed by atoms with van der Waals surface area (Å²) in [5.41, 5.74) is 2.50. The van der Waals surface area contributed by atoms with Gasteiger partial charge in [-0.15, -0.1) is 11.6 Å². The first-order valence-electron chi connectivity index (χ1n) is 10.8. The molecule has 2 aromatic carbocycles. The van der Waals surface area contributed by atoms with Gasteiger partial charge in [-0.05, 0) is 42.3 Å². The van der Waals surface area contributed by atoms with Crippen LogP contribution in [0.3, 0.4) is 0 Å². The number of benzene rings is 2. The molecule has 1 atom stereocenters. The molecule has 0 fully saturated rings. The highest BCUT2D eigenvalue weighted by molar-refractivity contribution is 6.39. The minimum Gasteiger partial charge on any atom is -0.496 e. The van der Waals surface area contributed by atoms with Crippen LogP contribution in [0.15, 0.2) is 82.0 Å². The maximum absolute atomic E-state index is 13.4. The Morgan fingerprint density at radius 2 is 2.03 bits per heavy atom. The number of alkyl halides is 1. The van der Waals surface area contributed by atoms with Crippen molar-refractivity contribution in [1.82, 2.24) is 14.9 Å². The quantitative estimate of drug-likeness (QED) is 0.516. The fraction of sp³-hybridized carbons (Fsp3) is 0.160. The summed E-state index contributed by atoms with van der Waals surface area (Å²) in [7, 11) is 1.61. The molecule has 176 valence electrons. The van der Waals surface area contributed by atoms with Crippen LogP contribution >= 0.6 is 11.6 Å². The van der Waals surface area contributed by atoms with Crippen molar-refractivity contribution in [3.63, 3.8) is 0 Å². The average Bonchev–Trinajstić information content (AvgIpc) is 3.24. The van der Waals surface area contributed by atoms with E-state index in [9.17, 15) is 14.4 Å². The van der Waals surface area contributed by atoms with Gasteiger partial charge in [0.15, 0.2) is 0 Å². The molecule has 2 aliphatic rings. The second kappa shape index (κ2) is 9.19. The van der Waals surface area contributed by atoms with Gasteiger partial charge in [0, 0.05) is 12.1 Å². The number of hydrogen-bond donors (Lipinski definition) is 2. The molecule has 3 amide bonds. The Morgan fingerprint density at radius 1 is 1.20 bits per heavy atom. The van der Waals surface area contributed by atoms with Crippen molar-refractivity contribution in [2.75, 3.05) is 12.4 Å². The highest BCUT2D eigenvalue weighted by Gasteiger charge is 2.30. The van der Waals surface area contributed by atoms with E-state index < -0.39 is 17.3 Å². The number of urea groups is 1. The number of carbonyl (C=O) groups is 2. The van der Waals surface area contributed by atoms with Gasteiger partial charge < -0.3 is 15.4 Å². The molecule has 1 aromatic heterocycles. The summed E-state index contributed by atoms with van der Waals surface area (Å²) in [6.07, 6.45) is 5.08. The lowest BCUT2D eigenvalue weighted by Crippen LogP contribution is -2.27. The topological polar surface area (TPSA) is 115 Å². The largest absolute Gasteiger partial charge is 0.496 e. The van der Waals surface area contributed by atoms with E-state index in [-0.39, 0.29) is 11.1 Å². The van der Waals surface area contributed by atoms with E-state index >= 15 is 0 Å². The molecule has 5 rings (SSSR count). The molecule has 2 heterocycles. The lowest BCUT2D eigenvalue weighted by atomic mass is 10.0. The number of halogens is 1. The second-order valence-corrected chi connectivity index (χ2v) is 8.44. The zero-order valence-electron chi connectivity index (χ0n) is 18.6. The van der Waals surface area contributed by atoms with Gasteiger partial charge in [0.2, 0.25) is 0 Å². The van der Waals surface area contributed by atoms with E-state index in [4.69, 9.17) is 16.3 Å². The van der Waals surface area contributed by atoms with Crippen LogP contribution < -0.4 is 20.9 Å². The summed E-state index contributed by atoms with van der Waals surface area (Å²) in [6.45, 7) is 0.386. The summed E-state index contributed by atoms with van der Waals surface area (Å²) < 4.78 is 6.91. The highest BCUT2D eigenvalue weighted by atomic mass is 35.5. The summed E-state index contributed by atoms with van der Waals surface area (Å²) in [5, 5.41) is 4.92. The normalized spacial score (nSPS) is 16.7. The summed E-state index contributed by atoms with van der Waals surface area (Å²) in [6, 6.07) is 12.2. The number of para-hydroxylation sites is 1. The average molecular weight is 490 g/mol. The monoisotopic (exact) mass is 489 g/mol. The predicted octanol–water partition coefficient (Wildman–Crippen LogP) is 3.18. The zero-order chi connectivity index (χ0) is 24.5. The van der Waals surface area contributed by atoms with Crippen molar-refractivity contribution in [3.05, 3.63) is 88.1 Å². The Hall–Kier alpha value is -4.24. The first-order chi connectivity index (χ1) is 16.9. The van der Waals surface area contributed by atoms with Crippen molar-refractivity contribution < 1.29 is 14.3 Å². The van der Waals surface area contributed by atoms with Crippen LogP contribution in [0.25, 0.3) is 10.9 Å². The fourth-order valence-corrected chi connectivity index (χ4v) is 4.39. The molecule has 0 spiro atoms. The maximum atomic E-state index is 13.4. The lowest BCUT2D eigenvalue weighted by Gasteiger charge is -2.16. The predicted molar refractivity (Wildman–Crippen MR) is 133 cm³/mol. The smallest absolute Gasteiger partial charge is 0.345 e. The van der Waals surface area contributed by atoms with Crippen LogP contribution in [0.5, 0.6) is 5.75 Å². The summed E-state index contributed by atoms with van der Waals surface area (Å²) in [5.74, 6) is 0.279. The third-order valence-electron chi connectivity index (χ3n) is 5.80. The van der Waals surface area contributed by atoms with E-state index in [0.29, 0.717) is 41.0 Å². The van der Waals surface area contributed by atoms with E-state index in [0.717, 1.165) is 11.3 Å². The number of nitrogens with zero attached hydrogens (tertiary/aromatic N) is 3. The Kier molecular flexibility index (Phi) is 5.92. The summed E-state index contributed by atoms with van der Waals surface area (Å²) >= 11 is 6.28. The Morgan fingerprint density at radius 3 is 2.86 bits per heavy atom. The molecule has 3 aromatic rings. The molecule has 0 saturated carbocycles. The van der Waals surface area contributed by atoms with Gasteiger partial charge in [-0.25, -0.2) is 9.78 Å². The van der Waals surface area contributed by atoms with Crippen molar-refractivity contribution in [1.29, 1.82) is 0 Å². The first-order valence-corrected chi connectivity index (χ1v) is 11.3. The second-order valence-electron chi connectivity index (χ2n) is 7.97. The number of aliphatic imine (C=N–C) groups is 1. The van der Waals surface area contributed by atoms with E-state index in [1.165, 1.54) is 23.0 Å². The zero-order valence-corrected chi connectivity index (χ0v) is 19.4. The minimum atomic E-state index is -0.726. The van der Waals surface area contributed by atoms with E-state index in [1.54, 1.807) is 25.3 Å². The van der Waals surface area contributed by atoms with Gasteiger partial charge >= 0.3 is 6.03 Å². The van der Waals surface area contributed by atoms with Gasteiger partial charge in [0.25, 0.3) is 11.5 Å². The molecule has 9 nitrogen and oxygen atoms in total. The number of methoxy groups -OCH3 is 1. The molecule has 1 aliphatic carbocycles. The third kappa shape index (κ3) is 4.33. The Bertz CT molecular complexity index is 1520. The molecule has 0 saturated heterocycles. The number of nitrogens with one attached hydrogen (secondary N) is 2. The molecule has 35 heavy (non-hydrogen) atoms. The number of carbonyl (C=O) groups excluding carboxylic acids is 2. The molecule has 0 bridgehead atoms. The minimum absolute atomic E-state index is 0.249. The number of allylic oxidation sites excluding steroid dienone is 2. The van der Waals surface area contributed by atoms with Crippen LogP contribution in [-0.4, -0.2) is 39.7 Å². The number of anilines is 1.